The molecule has 29 heavy (non-hydrogen) atoms. The molecule has 142 valence electrons. The van der Waals surface area contributed by atoms with E-state index < -0.39 is 5.97 Å². The van der Waals surface area contributed by atoms with Crippen molar-refractivity contribution in [1.82, 2.24) is 19.9 Å². The van der Waals surface area contributed by atoms with Crippen molar-refractivity contribution in [1.29, 1.82) is 0 Å². The van der Waals surface area contributed by atoms with Gasteiger partial charge in [-0.05, 0) is 61.4 Å². The summed E-state index contributed by atoms with van der Waals surface area (Å²) in [5.74, 6) is -1.02. The number of carboxylic acid groups (broad SMARTS) is 1. The largest absolute Gasteiger partial charge is 0.478 e. The monoisotopic (exact) mass is 382 g/mol. The highest BCUT2D eigenvalue weighted by molar-refractivity contribution is 6.25. The molecule has 3 N–H and O–H groups in total. The highest BCUT2D eigenvalue weighted by Gasteiger charge is 2.24. The first-order valence-corrected chi connectivity index (χ1v) is 9.36. The first kappa shape index (κ1) is 17.2. The van der Waals surface area contributed by atoms with Crippen LogP contribution in [0.25, 0.3) is 33.2 Å². The zero-order valence-electron chi connectivity index (χ0n) is 15.6. The zero-order valence-corrected chi connectivity index (χ0v) is 15.6. The lowest BCUT2D eigenvalue weighted by atomic mass is 10.0. The number of aryl methyl sites for hydroxylation is 2. The lowest BCUT2D eigenvalue weighted by molar-refractivity contribution is -0.130. The van der Waals surface area contributed by atoms with Crippen LogP contribution in [0.5, 0.6) is 0 Å². The summed E-state index contributed by atoms with van der Waals surface area (Å²) in [6, 6.07) is 15.6. The smallest absolute Gasteiger partial charge is 0.338 e. The molecule has 0 atom stereocenters. The summed E-state index contributed by atoms with van der Waals surface area (Å²) < 4.78 is 0. The van der Waals surface area contributed by atoms with E-state index >= 15 is 0 Å². The molecule has 0 amide bonds. The van der Waals surface area contributed by atoms with Gasteiger partial charge in [0.25, 0.3) is 0 Å². The number of nitrogens with one attached hydrogen (secondary N) is 2. The number of aromatic amines is 2. The molecule has 3 aromatic heterocycles. The van der Waals surface area contributed by atoms with Crippen LogP contribution >= 0.6 is 0 Å². The van der Waals surface area contributed by atoms with Crippen molar-refractivity contribution < 1.29 is 9.90 Å². The summed E-state index contributed by atoms with van der Waals surface area (Å²) in [6.07, 6.45) is 3.10. The second kappa shape index (κ2) is 6.60. The van der Waals surface area contributed by atoms with Gasteiger partial charge in [0.05, 0.1) is 17.0 Å². The minimum absolute atomic E-state index is 0.155. The Kier molecular flexibility index (Phi) is 3.91. The van der Waals surface area contributed by atoms with E-state index in [4.69, 9.17) is 0 Å². The highest BCUT2D eigenvalue weighted by atomic mass is 16.4. The Bertz CT molecular complexity index is 1360. The van der Waals surface area contributed by atoms with Gasteiger partial charge in [-0.25, -0.2) is 9.78 Å². The van der Waals surface area contributed by atoms with E-state index in [1.807, 2.05) is 42.5 Å². The number of fused-ring (bicyclic) bond motifs is 8. The van der Waals surface area contributed by atoms with Gasteiger partial charge in [-0.3, -0.25) is 4.98 Å². The van der Waals surface area contributed by atoms with Crippen LogP contribution in [0.4, 0.5) is 0 Å². The minimum atomic E-state index is -1.02. The molecular formula is C23H18N4O2. The van der Waals surface area contributed by atoms with Crippen molar-refractivity contribution in [2.45, 2.75) is 12.8 Å². The Balaban J connectivity index is 1.88. The van der Waals surface area contributed by atoms with E-state index in [-0.39, 0.29) is 5.57 Å². The standard InChI is InChI=1S/C23H18N4O2/c1-2-19-20-11-17-7-5-15(25-17)9-13-3-4-14(24-13)10-16-6-8-18(26-16)12-21(27-20)22(19)23(28)29/h2-5,7,9-12,24-25H,1,6,8H2,(H,28,29). The van der Waals surface area contributed by atoms with Gasteiger partial charge in [0.2, 0.25) is 0 Å². The van der Waals surface area contributed by atoms with Crippen LogP contribution in [0.15, 0.2) is 61.2 Å². The maximum atomic E-state index is 11.9. The molecule has 2 aliphatic heterocycles. The molecule has 0 saturated carbocycles. The SMILES string of the molecule is C=CC1=C(C(=O)O)c2cc3nc(cc4ccc(cc5ccc(cc1n2)[nH]5)[nH]4)CC3. The minimum Gasteiger partial charge on any atom is -0.478 e. The molecule has 0 spiro atoms. The Labute approximate surface area is 166 Å². The first-order valence-electron chi connectivity index (χ1n) is 9.36. The van der Waals surface area contributed by atoms with Crippen LogP contribution in [0.2, 0.25) is 0 Å². The molecule has 0 unspecified atom stereocenters. The topological polar surface area (TPSA) is 94.7 Å². The van der Waals surface area contributed by atoms with Gasteiger partial charge in [-0.1, -0.05) is 12.7 Å². The third kappa shape index (κ3) is 3.14. The highest BCUT2D eigenvalue weighted by Crippen LogP contribution is 2.31. The number of nitrogens with zero attached hydrogens (tertiary/aromatic N) is 2. The molecule has 2 aliphatic rings. The fraction of sp³-hybridized carbons (Fsp3) is 0.0870. The van der Waals surface area contributed by atoms with Crippen molar-refractivity contribution in [3.63, 3.8) is 0 Å². The number of H-pyrrole nitrogens is 2. The Morgan fingerprint density at radius 3 is 2.07 bits per heavy atom. The fourth-order valence-electron chi connectivity index (χ4n) is 3.77. The van der Waals surface area contributed by atoms with Crippen molar-refractivity contribution in [2.24, 2.45) is 0 Å². The van der Waals surface area contributed by atoms with Gasteiger partial charge in [0.1, 0.15) is 0 Å². The molecule has 0 fully saturated rings. The number of carboxylic acids is 1. The summed E-state index contributed by atoms with van der Waals surface area (Å²) in [5, 5.41) is 9.78. The predicted octanol–water partition coefficient (Wildman–Crippen LogP) is 4.28. The van der Waals surface area contributed by atoms with Gasteiger partial charge >= 0.3 is 5.97 Å². The van der Waals surface area contributed by atoms with E-state index in [0.717, 1.165) is 46.3 Å². The maximum absolute atomic E-state index is 11.9. The van der Waals surface area contributed by atoms with Crippen molar-refractivity contribution in [2.75, 3.05) is 0 Å². The number of hydrogen-bond acceptors (Lipinski definition) is 3. The van der Waals surface area contributed by atoms with Crippen LogP contribution in [0, 0.1) is 0 Å². The molecule has 5 rings (SSSR count). The molecule has 5 heterocycles. The normalized spacial score (nSPS) is 13.5. The summed E-state index contributed by atoms with van der Waals surface area (Å²) in [4.78, 5) is 27.9. The molecule has 0 radical (unpaired) electrons. The number of rotatable bonds is 2. The van der Waals surface area contributed by atoms with Gasteiger partial charge in [0.15, 0.2) is 0 Å². The summed E-state index contributed by atoms with van der Waals surface area (Å²) in [6.45, 7) is 3.80. The molecular weight excluding hydrogens is 364 g/mol. The van der Waals surface area contributed by atoms with Gasteiger partial charge in [0, 0.05) is 39.0 Å². The Hall–Kier alpha value is -3.93. The van der Waals surface area contributed by atoms with Crippen LogP contribution in [0.1, 0.15) is 22.8 Å². The summed E-state index contributed by atoms with van der Waals surface area (Å²) in [5.41, 5.74) is 7.16. The molecule has 3 aromatic rings. The zero-order chi connectivity index (χ0) is 20.0. The average molecular weight is 382 g/mol. The van der Waals surface area contributed by atoms with E-state index in [1.165, 1.54) is 0 Å². The fourth-order valence-corrected chi connectivity index (χ4v) is 3.77. The van der Waals surface area contributed by atoms with Crippen LogP contribution < -0.4 is 0 Å². The molecule has 0 aliphatic carbocycles. The quantitative estimate of drug-likeness (QED) is 0.616. The third-order valence-corrected chi connectivity index (χ3v) is 5.08. The number of carbonyl (C=O) groups is 1. The van der Waals surface area contributed by atoms with Crippen molar-refractivity contribution >= 4 is 39.2 Å². The number of aromatic nitrogens is 4. The van der Waals surface area contributed by atoms with Gasteiger partial charge in [-0.15, -0.1) is 0 Å². The van der Waals surface area contributed by atoms with Crippen molar-refractivity contribution in [3.8, 4) is 0 Å². The summed E-state index contributed by atoms with van der Waals surface area (Å²) in [7, 11) is 0. The third-order valence-electron chi connectivity index (χ3n) is 5.08. The van der Waals surface area contributed by atoms with Crippen LogP contribution in [0.3, 0.4) is 0 Å². The first-order chi connectivity index (χ1) is 14.1. The molecule has 0 saturated heterocycles. The van der Waals surface area contributed by atoms with E-state index in [0.29, 0.717) is 17.0 Å². The molecule has 6 heteroatoms. The van der Waals surface area contributed by atoms with E-state index in [2.05, 4.69) is 26.5 Å². The number of allylic oxidation sites excluding steroid dienone is 2. The summed E-state index contributed by atoms with van der Waals surface area (Å²) >= 11 is 0. The number of aliphatic carboxylic acids is 1. The second-order valence-electron chi connectivity index (χ2n) is 7.09. The van der Waals surface area contributed by atoms with Gasteiger partial charge in [-0.2, -0.15) is 0 Å². The predicted molar refractivity (Wildman–Crippen MR) is 113 cm³/mol. The molecule has 0 aromatic carbocycles. The molecule has 8 bridgehead atoms. The van der Waals surface area contributed by atoms with E-state index in [1.54, 1.807) is 12.1 Å². The second-order valence-corrected chi connectivity index (χ2v) is 7.09. The lowest BCUT2D eigenvalue weighted by Gasteiger charge is -1.97. The number of hydrogen-bond donors (Lipinski definition) is 3. The Morgan fingerprint density at radius 1 is 0.862 bits per heavy atom. The van der Waals surface area contributed by atoms with E-state index in [9.17, 15) is 9.90 Å². The van der Waals surface area contributed by atoms with Crippen LogP contribution in [-0.2, 0) is 17.6 Å². The van der Waals surface area contributed by atoms with Gasteiger partial charge < -0.3 is 15.1 Å². The maximum Gasteiger partial charge on any atom is 0.338 e. The van der Waals surface area contributed by atoms with Crippen molar-refractivity contribution in [3.05, 3.63) is 84.0 Å². The Morgan fingerprint density at radius 2 is 1.45 bits per heavy atom. The van der Waals surface area contributed by atoms with Crippen LogP contribution in [-0.4, -0.2) is 31.0 Å². The molecule has 6 nitrogen and oxygen atoms in total. The lowest BCUT2D eigenvalue weighted by Crippen LogP contribution is -1.99. The average Bonchev–Trinajstić information content (AvgIpc) is 3.45.